The molecule has 2 aliphatic heterocycles. The van der Waals surface area contributed by atoms with Crippen molar-refractivity contribution in [2.45, 2.75) is 44.7 Å². The van der Waals surface area contributed by atoms with Crippen LogP contribution in [0.1, 0.15) is 32.6 Å². The van der Waals surface area contributed by atoms with Gasteiger partial charge in [-0.25, -0.2) is 0 Å². The average molecular weight is 371 g/mol. The number of carbonyl (C=O) groups is 2. The summed E-state index contributed by atoms with van der Waals surface area (Å²) in [7, 11) is 1.64. The lowest BCUT2D eigenvalue weighted by molar-refractivity contribution is -0.135. The van der Waals surface area contributed by atoms with Crippen LogP contribution < -0.4 is 9.64 Å². The summed E-state index contributed by atoms with van der Waals surface area (Å²) in [6.45, 7) is 5.23. The first-order chi connectivity index (χ1) is 13.1. The van der Waals surface area contributed by atoms with Crippen molar-refractivity contribution in [3.8, 4) is 5.75 Å². The third-order valence-corrected chi connectivity index (χ3v) is 6.24. The van der Waals surface area contributed by atoms with Crippen molar-refractivity contribution < 1.29 is 14.3 Å². The summed E-state index contributed by atoms with van der Waals surface area (Å²) in [5, 5.41) is 0. The van der Waals surface area contributed by atoms with Gasteiger partial charge in [-0.3, -0.25) is 14.5 Å². The van der Waals surface area contributed by atoms with E-state index >= 15 is 0 Å². The minimum Gasteiger partial charge on any atom is -0.497 e. The second-order valence-corrected chi connectivity index (χ2v) is 7.94. The fourth-order valence-corrected chi connectivity index (χ4v) is 4.43. The van der Waals surface area contributed by atoms with Crippen molar-refractivity contribution in [3.05, 3.63) is 24.3 Å². The normalized spacial score (nSPS) is 25.0. The van der Waals surface area contributed by atoms with E-state index in [4.69, 9.17) is 4.74 Å². The number of methoxy groups -OCH3 is 1. The van der Waals surface area contributed by atoms with Gasteiger partial charge in [0.05, 0.1) is 13.2 Å². The van der Waals surface area contributed by atoms with Crippen LogP contribution in [0.2, 0.25) is 0 Å². The molecule has 1 aromatic carbocycles. The summed E-state index contributed by atoms with van der Waals surface area (Å²) in [6.07, 6.45) is 4.07. The Morgan fingerprint density at radius 3 is 2.48 bits per heavy atom. The Labute approximate surface area is 161 Å². The van der Waals surface area contributed by atoms with Gasteiger partial charge >= 0.3 is 0 Å². The molecule has 3 fully saturated rings. The van der Waals surface area contributed by atoms with Crippen molar-refractivity contribution in [1.82, 2.24) is 9.80 Å². The van der Waals surface area contributed by atoms with Crippen LogP contribution in [0.5, 0.6) is 5.75 Å². The van der Waals surface area contributed by atoms with Gasteiger partial charge in [-0.1, -0.05) is 6.07 Å². The van der Waals surface area contributed by atoms with Crippen LogP contribution in [0.25, 0.3) is 0 Å². The number of likely N-dealkylation sites (tertiary alicyclic amines) is 1. The third kappa shape index (κ3) is 3.68. The number of ether oxygens (including phenoxy) is 1. The zero-order valence-electron chi connectivity index (χ0n) is 16.3. The maximum Gasteiger partial charge on any atom is 0.244 e. The van der Waals surface area contributed by atoms with Crippen molar-refractivity contribution in [1.29, 1.82) is 0 Å². The molecule has 0 aromatic heterocycles. The summed E-state index contributed by atoms with van der Waals surface area (Å²) in [5.41, 5.74) is 0.899. The van der Waals surface area contributed by atoms with E-state index in [0.717, 1.165) is 56.8 Å². The van der Waals surface area contributed by atoms with Crippen molar-refractivity contribution in [2.24, 2.45) is 5.92 Å². The molecule has 6 nitrogen and oxygen atoms in total. The molecule has 146 valence electrons. The smallest absolute Gasteiger partial charge is 0.244 e. The highest BCUT2D eigenvalue weighted by atomic mass is 16.5. The maximum absolute atomic E-state index is 13.0. The highest BCUT2D eigenvalue weighted by Gasteiger charge is 2.39. The molecule has 0 bridgehead atoms. The highest BCUT2D eigenvalue weighted by Crippen LogP contribution is 2.33. The van der Waals surface area contributed by atoms with Crippen LogP contribution in [0.4, 0.5) is 5.69 Å². The summed E-state index contributed by atoms with van der Waals surface area (Å²) in [4.78, 5) is 31.5. The van der Waals surface area contributed by atoms with Crippen molar-refractivity contribution in [3.63, 3.8) is 0 Å². The number of nitrogens with zero attached hydrogens (tertiary/aromatic N) is 3. The van der Waals surface area contributed by atoms with E-state index in [1.54, 1.807) is 7.11 Å². The SMILES string of the molecule is COc1cccc(N2CCN(C3CCN(C(=O)C4CC4)CC3)C(C)C2=O)c1. The molecule has 0 spiro atoms. The number of carbonyl (C=O) groups excluding carboxylic acids is 2. The number of anilines is 1. The van der Waals surface area contributed by atoms with Crippen LogP contribution >= 0.6 is 0 Å². The summed E-state index contributed by atoms with van der Waals surface area (Å²) in [5.74, 6) is 1.56. The first kappa shape index (κ1) is 18.3. The summed E-state index contributed by atoms with van der Waals surface area (Å²) >= 11 is 0. The molecular weight excluding hydrogens is 342 g/mol. The van der Waals surface area contributed by atoms with E-state index < -0.39 is 0 Å². The topological polar surface area (TPSA) is 53.1 Å². The van der Waals surface area contributed by atoms with Crippen LogP contribution in [-0.4, -0.2) is 67.0 Å². The largest absolute Gasteiger partial charge is 0.497 e. The van der Waals surface area contributed by atoms with E-state index in [9.17, 15) is 9.59 Å². The lowest BCUT2D eigenvalue weighted by atomic mass is 9.99. The molecule has 0 N–H and O–H groups in total. The van der Waals surface area contributed by atoms with Gasteiger partial charge in [-0.2, -0.15) is 0 Å². The van der Waals surface area contributed by atoms with Crippen molar-refractivity contribution in [2.75, 3.05) is 38.2 Å². The molecule has 2 heterocycles. The zero-order valence-corrected chi connectivity index (χ0v) is 16.3. The Balaban J connectivity index is 1.38. The number of rotatable bonds is 4. The number of hydrogen-bond donors (Lipinski definition) is 0. The number of hydrogen-bond acceptors (Lipinski definition) is 4. The van der Waals surface area contributed by atoms with Crippen molar-refractivity contribution >= 4 is 17.5 Å². The van der Waals surface area contributed by atoms with Gasteiger partial charge in [-0.15, -0.1) is 0 Å². The lowest BCUT2D eigenvalue weighted by Gasteiger charge is -2.45. The number of piperazine rings is 1. The van der Waals surface area contributed by atoms with E-state index in [0.29, 0.717) is 24.4 Å². The minimum absolute atomic E-state index is 0.138. The molecule has 1 atom stereocenters. The Morgan fingerprint density at radius 1 is 1.07 bits per heavy atom. The predicted octanol–water partition coefficient (Wildman–Crippen LogP) is 2.13. The Kier molecular flexibility index (Phi) is 5.08. The van der Waals surface area contributed by atoms with Crippen LogP contribution in [0, 0.1) is 5.92 Å². The van der Waals surface area contributed by atoms with Gasteiger partial charge in [0.1, 0.15) is 5.75 Å². The molecule has 1 aliphatic carbocycles. The minimum atomic E-state index is -0.138. The predicted molar refractivity (Wildman–Crippen MR) is 104 cm³/mol. The summed E-state index contributed by atoms with van der Waals surface area (Å²) in [6, 6.07) is 7.95. The fraction of sp³-hybridized carbons (Fsp3) is 0.619. The quantitative estimate of drug-likeness (QED) is 0.814. The molecular formula is C21H29N3O3. The Hall–Kier alpha value is -2.08. The Bertz CT molecular complexity index is 710. The second-order valence-electron chi connectivity index (χ2n) is 7.94. The number of piperidine rings is 1. The average Bonchev–Trinajstić information content (AvgIpc) is 3.55. The number of amides is 2. The van der Waals surface area contributed by atoms with Gasteiger partial charge in [0.15, 0.2) is 0 Å². The molecule has 0 radical (unpaired) electrons. The maximum atomic E-state index is 13.0. The monoisotopic (exact) mass is 371 g/mol. The molecule has 3 aliphatic rings. The van der Waals surface area contributed by atoms with E-state index in [-0.39, 0.29) is 11.9 Å². The van der Waals surface area contributed by atoms with Crippen LogP contribution in [-0.2, 0) is 9.59 Å². The molecule has 1 unspecified atom stereocenters. The first-order valence-corrected chi connectivity index (χ1v) is 10.1. The molecule has 1 saturated carbocycles. The summed E-state index contributed by atoms with van der Waals surface area (Å²) < 4.78 is 5.29. The van der Waals surface area contributed by atoms with Crippen LogP contribution in [0.3, 0.4) is 0 Å². The van der Waals surface area contributed by atoms with E-state index in [1.165, 1.54) is 0 Å². The van der Waals surface area contributed by atoms with Gasteiger partial charge < -0.3 is 14.5 Å². The molecule has 2 saturated heterocycles. The Morgan fingerprint density at radius 2 is 1.81 bits per heavy atom. The van der Waals surface area contributed by atoms with Gasteiger partial charge in [0.2, 0.25) is 11.8 Å². The molecule has 6 heteroatoms. The zero-order chi connectivity index (χ0) is 19.0. The fourth-order valence-electron chi connectivity index (χ4n) is 4.43. The lowest BCUT2D eigenvalue weighted by Crippen LogP contribution is -2.60. The second kappa shape index (κ2) is 7.50. The van der Waals surface area contributed by atoms with E-state index in [2.05, 4.69) is 4.90 Å². The molecule has 2 amide bonds. The van der Waals surface area contributed by atoms with Gasteiger partial charge in [0.25, 0.3) is 0 Å². The van der Waals surface area contributed by atoms with E-state index in [1.807, 2.05) is 41.0 Å². The highest BCUT2D eigenvalue weighted by molar-refractivity contribution is 5.97. The number of benzene rings is 1. The molecule has 27 heavy (non-hydrogen) atoms. The standard InChI is InChI=1S/C21H29N3O3/c1-15-20(25)24(18-4-3-5-19(14-18)27-2)13-12-23(15)17-8-10-22(11-9-17)21(26)16-6-7-16/h3-5,14-17H,6-13H2,1-2H3. The third-order valence-electron chi connectivity index (χ3n) is 6.24. The van der Waals surface area contributed by atoms with Crippen LogP contribution in [0.15, 0.2) is 24.3 Å². The van der Waals surface area contributed by atoms with Gasteiger partial charge in [0, 0.05) is 49.9 Å². The first-order valence-electron chi connectivity index (χ1n) is 10.1. The van der Waals surface area contributed by atoms with Gasteiger partial charge in [-0.05, 0) is 44.7 Å². The molecule has 1 aromatic rings. The molecule has 4 rings (SSSR count).